The molecule has 10 heavy (non-hydrogen) atoms. The monoisotopic (exact) mass is 145 g/mol. The van der Waals surface area contributed by atoms with E-state index in [1.54, 1.807) is 7.11 Å². The molecule has 0 fully saturated rings. The van der Waals surface area contributed by atoms with Crippen LogP contribution in [0, 0.1) is 0 Å². The van der Waals surface area contributed by atoms with Crippen molar-refractivity contribution in [2.45, 2.75) is 32.7 Å². The molecule has 1 atom stereocenters. The highest BCUT2D eigenvalue weighted by atomic mass is 16.5. The van der Waals surface area contributed by atoms with Crippen LogP contribution in [0.3, 0.4) is 0 Å². The molecule has 2 heteroatoms. The van der Waals surface area contributed by atoms with Gasteiger partial charge in [0.05, 0.1) is 0 Å². The summed E-state index contributed by atoms with van der Waals surface area (Å²) in [5.41, 5.74) is 0. The van der Waals surface area contributed by atoms with Crippen molar-refractivity contribution in [1.82, 2.24) is 5.32 Å². The quantitative estimate of drug-likeness (QED) is 0.571. The van der Waals surface area contributed by atoms with Crippen molar-refractivity contribution in [1.29, 1.82) is 0 Å². The molecule has 0 aliphatic carbocycles. The van der Waals surface area contributed by atoms with Crippen molar-refractivity contribution in [2.75, 3.05) is 20.3 Å². The predicted molar refractivity (Wildman–Crippen MR) is 44.2 cm³/mol. The predicted octanol–water partition coefficient (Wildman–Crippen LogP) is 1.41. The summed E-state index contributed by atoms with van der Waals surface area (Å²) in [5.74, 6) is 0. The van der Waals surface area contributed by atoms with E-state index in [-0.39, 0.29) is 0 Å². The van der Waals surface area contributed by atoms with Crippen LogP contribution in [0.15, 0.2) is 0 Å². The number of ether oxygens (including phenoxy) is 1. The molecule has 0 rings (SSSR count). The molecule has 0 heterocycles. The van der Waals surface area contributed by atoms with Crippen molar-refractivity contribution in [3.8, 4) is 0 Å². The SMILES string of the molecule is CCC(C)NCCCOC. The zero-order valence-corrected chi connectivity index (χ0v) is 7.31. The van der Waals surface area contributed by atoms with Gasteiger partial charge in [0.1, 0.15) is 0 Å². The first-order chi connectivity index (χ1) is 4.81. The van der Waals surface area contributed by atoms with Gasteiger partial charge in [-0.3, -0.25) is 0 Å². The van der Waals surface area contributed by atoms with Crippen molar-refractivity contribution >= 4 is 0 Å². The van der Waals surface area contributed by atoms with Crippen molar-refractivity contribution in [2.24, 2.45) is 0 Å². The first-order valence-electron chi connectivity index (χ1n) is 4.03. The first-order valence-corrected chi connectivity index (χ1v) is 4.03. The van der Waals surface area contributed by atoms with E-state index in [1.807, 2.05) is 0 Å². The Balaban J connectivity index is 2.89. The summed E-state index contributed by atoms with van der Waals surface area (Å²) in [6.07, 6.45) is 2.31. The normalized spacial score (nSPS) is 13.5. The minimum Gasteiger partial charge on any atom is -0.385 e. The number of hydrogen-bond donors (Lipinski definition) is 1. The number of rotatable bonds is 6. The Hall–Kier alpha value is -0.0800. The van der Waals surface area contributed by atoms with Crippen molar-refractivity contribution in [3.05, 3.63) is 0 Å². The van der Waals surface area contributed by atoms with Gasteiger partial charge in [0.2, 0.25) is 0 Å². The second-order valence-electron chi connectivity index (χ2n) is 2.61. The van der Waals surface area contributed by atoms with Gasteiger partial charge in [-0.05, 0) is 26.3 Å². The molecule has 1 N–H and O–H groups in total. The van der Waals surface area contributed by atoms with Crippen LogP contribution in [-0.2, 0) is 4.74 Å². The maximum absolute atomic E-state index is 4.92. The highest BCUT2D eigenvalue weighted by Gasteiger charge is 1.94. The fraction of sp³-hybridized carbons (Fsp3) is 1.00. The standard InChI is InChI=1S/C8H19NO/c1-4-8(2)9-6-5-7-10-3/h8-9H,4-7H2,1-3H3. The molecule has 0 amide bonds. The van der Waals surface area contributed by atoms with Gasteiger partial charge in [0.15, 0.2) is 0 Å². The summed E-state index contributed by atoms with van der Waals surface area (Å²) >= 11 is 0. The van der Waals surface area contributed by atoms with E-state index >= 15 is 0 Å². The maximum Gasteiger partial charge on any atom is 0.0474 e. The Kier molecular flexibility index (Phi) is 6.98. The minimum atomic E-state index is 0.650. The molecular formula is C8H19NO. The molecule has 0 saturated carbocycles. The zero-order chi connectivity index (χ0) is 7.82. The van der Waals surface area contributed by atoms with Gasteiger partial charge < -0.3 is 10.1 Å². The number of hydrogen-bond acceptors (Lipinski definition) is 2. The van der Waals surface area contributed by atoms with Crippen LogP contribution in [-0.4, -0.2) is 26.3 Å². The molecule has 2 nitrogen and oxygen atoms in total. The second kappa shape index (κ2) is 7.03. The van der Waals surface area contributed by atoms with Crippen LogP contribution in [0.2, 0.25) is 0 Å². The molecule has 1 unspecified atom stereocenters. The Bertz CT molecular complexity index is 66.3. The lowest BCUT2D eigenvalue weighted by Crippen LogP contribution is -2.26. The van der Waals surface area contributed by atoms with Gasteiger partial charge in [-0.2, -0.15) is 0 Å². The highest BCUT2D eigenvalue weighted by Crippen LogP contribution is 1.87. The molecular weight excluding hydrogens is 126 g/mol. The molecule has 0 spiro atoms. The van der Waals surface area contributed by atoms with E-state index < -0.39 is 0 Å². The van der Waals surface area contributed by atoms with Crippen LogP contribution in [0.5, 0.6) is 0 Å². The fourth-order valence-corrected chi connectivity index (χ4v) is 0.709. The average Bonchev–Trinajstić information content (AvgIpc) is 1.98. The van der Waals surface area contributed by atoms with Crippen LogP contribution >= 0.6 is 0 Å². The maximum atomic E-state index is 4.92. The second-order valence-corrected chi connectivity index (χ2v) is 2.61. The van der Waals surface area contributed by atoms with Crippen molar-refractivity contribution in [3.63, 3.8) is 0 Å². The average molecular weight is 145 g/mol. The molecule has 0 aromatic heterocycles. The van der Waals surface area contributed by atoms with Gasteiger partial charge in [0, 0.05) is 19.8 Å². The first kappa shape index (κ1) is 9.92. The summed E-state index contributed by atoms with van der Waals surface area (Å²) < 4.78 is 4.92. The number of nitrogens with one attached hydrogen (secondary N) is 1. The Morgan fingerprint density at radius 3 is 2.70 bits per heavy atom. The van der Waals surface area contributed by atoms with Gasteiger partial charge >= 0.3 is 0 Å². The molecule has 0 aliphatic rings. The Labute approximate surface area is 64.0 Å². The third kappa shape index (κ3) is 6.05. The van der Waals surface area contributed by atoms with E-state index in [0.29, 0.717) is 6.04 Å². The topological polar surface area (TPSA) is 21.3 Å². The third-order valence-electron chi connectivity index (χ3n) is 1.63. The lowest BCUT2D eigenvalue weighted by molar-refractivity contribution is 0.193. The van der Waals surface area contributed by atoms with E-state index in [0.717, 1.165) is 19.6 Å². The van der Waals surface area contributed by atoms with Gasteiger partial charge in [-0.25, -0.2) is 0 Å². The number of methoxy groups -OCH3 is 1. The molecule has 0 radical (unpaired) electrons. The zero-order valence-electron chi connectivity index (χ0n) is 7.31. The van der Waals surface area contributed by atoms with Crippen LogP contribution < -0.4 is 5.32 Å². The van der Waals surface area contributed by atoms with E-state index in [2.05, 4.69) is 19.2 Å². The van der Waals surface area contributed by atoms with E-state index in [9.17, 15) is 0 Å². The minimum absolute atomic E-state index is 0.650. The summed E-state index contributed by atoms with van der Waals surface area (Å²) in [6, 6.07) is 0.650. The van der Waals surface area contributed by atoms with Gasteiger partial charge in [-0.15, -0.1) is 0 Å². The van der Waals surface area contributed by atoms with Crippen LogP contribution in [0.1, 0.15) is 26.7 Å². The Morgan fingerprint density at radius 2 is 2.20 bits per heavy atom. The van der Waals surface area contributed by atoms with E-state index in [1.165, 1.54) is 6.42 Å². The molecule has 0 aromatic rings. The molecule has 62 valence electrons. The third-order valence-corrected chi connectivity index (χ3v) is 1.63. The molecule has 0 bridgehead atoms. The van der Waals surface area contributed by atoms with Gasteiger partial charge in [-0.1, -0.05) is 6.92 Å². The lowest BCUT2D eigenvalue weighted by atomic mass is 10.2. The van der Waals surface area contributed by atoms with E-state index in [4.69, 9.17) is 4.74 Å². The summed E-state index contributed by atoms with van der Waals surface area (Å²) in [6.45, 7) is 6.33. The van der Waals surface area contributed by atoms with Crippen LogP contribution in [0.4, 0.5) is 0 Å². The summed E-state index contributed by atoms with van der Waals surface area (Å²) in [5, 5.41) is 3.39. The molecule has 0 saturated heterocycles. The summed E-state index contributed by atoms with van der Waals surface area (Å²) in [4.78, 5) is 0. The molecule has 0 aliphatic heterocycles. The fourth-order valence-electron chi connectivity index (χ4n) is 0.709. The largest absolute Gasteiger partial charge is 0.385 e. The van der Waals surface area contributed by atoms with Gasteiger partial charge in [0.25, 0.3) is 0 Å². The Morgan fingerprint density at radius 1 is 1.50 bits per heavy atom. The smallest absolute Gasteiger partial charge is 0.0474 e. The highest BCUT2D eigenvalue weighted by molar-refractivity contribution is 4.56. The molecule has 0 aromatic carbocycles. The summed E-state index contributed by atoms with van der Waals surface area (Å²) in [7, 11) is 1.74. The van der Waals surface area contributed by atoms with Crippen LogP contribution in [0.25, 0.3) is 0 Å². The van der Waals surface area contributed by atoms with Crippen molar-refractivity contribution < 1.29 is 4.74 Å². The lowest BCUT2D eigenvalue weighted by Gasteiger charge is -2.09.